The largest absolute Gasteiger partial charge is 0.416 e. The summed E-state index contributed by atoms with van der Waals surface area (Å²) in [5.41, 5.74) is 0.106. The third kappa shape index (κ3) is 2.23. The van der Waals surface area contributed by atoms with E-state index in [9.17, 15) is 13.2 Å². The summed E-state index contributed by atoms with van der Waals surface area (Å²) in [6.07, 6.45) is -3.69. The van der Waals surface area contributed by atoms with Gasteiger partial charge in [0.15, 0.2) is 0 Å². The zero-order chi connectivity index (χ0) is 11.3. The SMILES string of the molecule is FC(F)(F)c1ccc(C2CC2(Cl)Cl)cc1. The molecule has 0 nitrogen and oxygen atoms in total. The minimum atomic E-state index is -4.29. The molecule has 1 unspecified atom stereocenters. The highest BCUT2D eigenvalue weighted by atomic mass is 35.5. The molecule has 0 aromatic heterocycles. The van der Waals surface area contributed by atoms with Gasteiger partial charge >= 0.3 is 6.18 Å². The van der Waals surface area contributed by atoms with Crippen LogP contribution in [0.25, 0.3) is 0 Å². The van der Waals surface area contributed by atoms with Crippen molar-refractivity contribution in [1.82, 2.24) is 0 Å². The Morgan fingerprint density at radius 1 is 1.13 bits per heavy atom. The molecule has 1 aromatic carbocycles. The summed E-state index contributed by atoms with van der Waals surface area (Å²) in [7, 11) is 0. The Morgan fingerprint density at radius 3 is 1.93 bits per heavy atom. The van der Waals surface area contributed by atoms with Crippen LogP contribution in [0, 0.1) is 0 Å². The molecule has 0 radical (unpaired) electrons. The minimum Gasteiger partial charge on any atom is -0.166 e. The zero-order valence-corrected chi connectivity index (χ0v) is 9.00. The van der Waals surface area contributed by atoms with E-state index in [1.807, 2.05) is 0 Å². The lowest BCUT2D eigenvalue weighted by Gasteiger charge is -2.07. The second-order valence-electron chi connectivity index (χ2n) is 3.64. The van der Waals surface area contributed by atoms with Gasteiger partial charge in [-0.15, -0.1) is 23.2 Å². The molecular formula is C10H7Cl2F3. The van der Waals surface area contributed by atoms with Crippen LogP contribution in [0.5, 0.6) is 0 Å². The Labute approximate surface area is 95.0 Å². The molecule has 0 saturated heterocycles. The van der Waals surface area contributed by atoms with Crippen LogP contribution in [0.4, 0.5) is 13.2 Å². The first-order valence-corrected chi connectivity index (χ1v) is 5.11. The third-order valence-electron chi connectivity index (χ3n) is 2.47. The van der Waals surface area contributed by atoms with Gasteiger partial charge in [-0.1, -0.05) is 12.1 Å². The van der Waals surface area contributed by atoms with Gasteiger partial charge in [0.25, 0.3) is 0 Å². The van der Waals surface area contributed by atoms with Crippen molar-refractivity contribution in [3.63, 3.8) is 0 Å². The maximum absolute atomic E-state index is 12.2. The van der Waals surface area contributed by atoms with Crippen LogP contribution < -0.4 is 0 Å². The molecule has 5 heteroatoms. The van der Waals surface area contributed by atoms with Gasteiger partial charge < -0.3 is 0 Å². The summed E-state index contributed by atoms with van der Waals surface area (Å²) in [5.74, 6) is -0.0388. The van der Waals surface area contributed by atoms with Gasteiger partial charge in [-0.3, -0.25) is 0 Å². The van der Waals surface area contributed by atoms with Crippen molar-refractivity contribution < 1.29 is 13.2 Å². The summed E-state index contributed by atoms with van der Waals surface area (Å²) in [6, 6.07) is 4.97. The maximum atomic E-state index is 12.2. The third-order valence-corrected chi connectivity index (χ3v) is 3.30. The molecule has 82 valence electrons. The fourth-order valence-electron chi connectivity index (χ4n) is 1.48. The van der Waals surface area contributed by atoms with Crippen molar-refractivity contribution in [2.75, 3.05) is 0 Å². The number of halogens is 5. The smallest absolute Gasteiger partial charge is 0.166 e. The standard InChI is InChI=1S/C10H7Cl2F3/c11-9(12)5-8(9)6-1-3-7(4-2-6)10(13,14)15/h1-4,8H,5H2. The number of hydrogen-bond acceptors (Lipinski definition) is 0. The van der Waals surface area contributed by atoms with E-state index in [4.69, 9.17) is 23.2 Å². The van der Waals surface area contributed by atoms with Crippen LogP contribution in [0.15, 0.2) is 24.3 Å². The first-order valence-electron chi connectivity index (χ1n) is 4.36. The van der Waals surface area contributed by atoms with Gasteiger partial charge in [0.1, 0.15) is 4.33 Å². The van der Waals surface area contributed by atoms with E-state index >= 15 is 0 Å². The summed E-state index contributed by atoms with van der Waals surface area (Å²) in [4.78, 5) is 0. The van der Waals surface area contributed by atoms with Crippen molar-refractivity contribution >= 4 is 23.2 Å². The molecule has 1 aromatic rings. The molecule has 0 bridgehead atoms. The van der Waals surface area contributed by atoms with Crippen LogP contribution in [0.1, 0.15) is 23.5 Å². The van der Waals surface area contributed by atoms with E-state index in [0.29, 0.717) is 6.42 Å². The molecule has 15 heavy (non-hydrogen) atoms. The molecule has 0 heterocycles. The molecule has 1 saturated carbocycles. The second kappa shape index (κ2) is 3.29. The van der Waals surface area contributed by atoms with E-state index in [0.717, 1.165) is 17.7 Å². The molecule has 0 N–H and O–H groups in total. The highest BCUT2D eigenvalue weighted by Crippen LogP contribution is 2.59. The summed E-state index contributed by atoms with van der Waals surface area (Å²) < 4.78 is 35.9. The highest BCUT2D eigenvalue weighted by Gasteiger charge is 2.52. The van der Waals surface area contributed by atoms with Crippen molar-refractivity contribution in [1.29, 1.82) is 0 Å². The lowest BCUT2D eigenvalue weighted by Crippen LogP contribution is -2.04. The Balaban J connectivity index is 2.19. The van der Waals surface area contributed by atoms with Gasteiger partial charge in [-0.2, -0.15) is 13.2 Å². The lowest BCUT2D eigenvalue weighted by atomic mass is 10.1. The van der Waals surface area contributed by atoms with E-state index in [1.54, 1.807) is 0 Å². The average molecular weight is 255 g/mol. The second-order valence-corrected chi connectivity index (χ2v) is 5.18. The number of rotatable bonds is 1. The quantitative estimate of drug-likeness (QED) is 0.654. The van der Waals surface area contributed by atoms with E-state index in [-0.39, 0.29) is 5.92 Å². The normalized spacial score (nSPS) is 23.9. The molecule has 0 spiro atoms. The predicted molar refractivity (Wildman–Crippen MR) is 53.2 cm³/mol. The first-order chi connectivity index (χ1) is 6.81. The fraction of sp³-hybridized carbons (Fsp3) is 0.400. The van der Waals surface area contributed by atoms with E-state index in [2.05, 4.69) is 0 Å². The monoisotopic (exact) mass is 254 g/mol. The molecule has 1 atom stereocenters. The fourth-order valence-corrected chi connectivity index (χ4v) is 2.04. The van der Waals surface area contributed by atoms with Crippen molar-refractivity contribution in [3.05, 3.63) is 35.4 Å². The molecular weight excluding hydrogens is 248 g/mol. The van der Waals surface area contributed by atoms with Gasteiger partial charge in [0.05, 0.1) is 5.56 Å². The van der Waals surface area contributed by atoms with Crippen LogP contribution in [-0.4, -0.2) is 4.33 Å². The van der Waals surface area contributed by atoms with Crippen LogP contribution >= 0.6 is 23.2 Å². The molecule has 2 rings (SSSR count). The van der Waals surface area contributed by atoms with Crippen molar-refractivity contribution in [2.45, 2.75) is 22.8 Å². The molecule has 1 fully saturated rings. The lowest BCUT2D eigenvalue weighted by molar-refractivity contribution is -0.137. The van der Waals surface area contributed by atoms with Gasteiger partial charge in [0, 0.05) is 5.92 Å². The Hall–Kier alpha value is -0.410. The number of alkyl halides is 5. The highest BCUT2D eigenvalue weighted by molar-refractivity contribution is 6.51. The minimum absolute atomic E-state index is 0.0388. The molecule has 0 aliphatic heterocycles. The van der Waals surface area contributed by atoms with Gasteiger partial charge in [-0.05, 0) is 24.1 Å². The average Bonchev–Trinajstić information content (AvgIpc) is 2.74. The summed E-state index contributed by atoms with van der Waals surface area (Å²) in [5, 5.41) is 0. The van der Waals surface area contributed by atoms with Crippen LogP contribution in [0.3, 0.4) is 0 Å². The number of benzene rings is 1. The summed E-state index contributed by atoms with van der Waals surface area (Å²) >= 11 is 11.6. The predicted octanol–water partition coefficient (Wildman–Crippen LogP) is 4.37. The number of hydrogen-bond donors (Lipinski definition) is 0. The first kappa shape index (κ1) is 11.1. The maximum Gasteiger partial charge on any atom is 0.416 e. The topological polar surface area (TPSA) is 0 Å². The van der Waals surface area contributed by atoms with E-state index in [1.165, 1.54) is 12.1 Å². The van der Waals surface area contributed by atoms with E-state index < -0.39 is 16.1 Å². The van der Waals surface area contributed by atoms with Gasteiger partial charge in [-0.25, -0.2) is 0 Å². The van der Waals surface area contributed by atoms with Crippen LogP contribution in [-0.2, 0) is 6.18 Å². The van der Waals surface area contributed by atoms with Crippen molar-refractivity contribution in [2.24, 2.45) is 0 Å². The zero-order valence-electron chi connectivity index (χ0n) is 7.48. The Kier molecular flexibility index (Phi) is 2.43. The molecule has 1 aliphatic rings. The molecule has 1 aliphatic carbocycles. The Bertz CT molecular complexity index is 367. The van der Waals surface area contributed by atoms with Crippen molar-refractivity contribution in [3.8, 4) is 0 Å². The van der Waals surface area contributed by atoms with Crippen LogP contribution in [0.2, 0.25) is 0 Å². The van der Waals surface area contributed by atoms with Gasteiger partial charge in [0.2, 0.25) is 0 Å². The molecule has 0 amide bonds. The summed E-state index contributed by atoms with van der Waals surface area (Å²) in [6.45, 7) is 0. The Morgan fingerprint density at radius 2 is 1.60 bits per heavy atom.